The summed E-state index contributed by atoms with van der Waals surface area (Å²) in [5.41, 5.74) is 0.691. The van der Waals surface area contributed by atoms with E-state index in [9.17, 15) is 4.79 Å². The van der Waals surface area contributed by atoms with E-state index < -0.39 is 0 Å². The molecular formula is C23H38N2O3. The standard InChI is InChI=1S/C23H38N2O3/c1-4-6-8-17-27-21-12-11-20(19-22(21)28-18-9-7-5-2)23(26)25-14-10-13-24(3)15-16-25/h11-12,19H,4-10,13-18H2,1-3H3. The molecule has 1 amide bonds. The van der Waals surface area contributed by atoms with Crippen LogP contribution in [0, 0.1) is 0 Å². The van der Waals surface area contributed by atoms with E-state index in [0.29, 0.717) is 24.5 Å². The maximum atomic E-state index is 13.0. The molecule has 1 aliphatic rings. The van der Waals surface area contributed by atoms with Crippen molar-refractivity contribution in [1.29, 1.82) is 0 Å². The molecule has 28 heavy (non-hydrogen) atoms. The molecule has 0 aromatic heterocycles. The minimum Gasteiger partial charge on any atom is -0.490 e. The van der Waals surface area contributed by atoms with Gasteiger partial charge in [-0.05, 0) is 51.1 Å². The van der Waals surface area contributed by atoms with Gasteiger partial charge in [0.25, 0.3) is 5.91 Å². The summed E-state index contributed by atoms with van der Waals surface area (Å²) in [6.07, 6.45) is 7.70. The number of unbranched alkanes of at least 4 members (excludes halogenated alkanes) is 4. The van der Waals surface area contributed by atoms with Gasteiger partial charge in [-0.15, -0.1) is 0 Å². The Hall–Kier alpha value is -1.75. The molecule has 1 aromatic rings. The van der Waals surface area contributed by atoms with Gasteiger partial charge < -0.3 is 19.3 Å². The van der Waals surface area contributed by atoms with Crippen molar-refractivity contribution >= 4 is 5.91 Å². The third kappa shape index (κ3) is 7.34. The monoisotopic (exact) mass is 390 g/mol. The Bertz CT molecular complexity index is 591. The molecule has 1 fully saturated rings. The highest BCUT2D eigenvalue weighted by atomic mass is 16.5. The zero-order valence-electron chi connectivity index (χ0n) is 18.0. The van der Waals surface area contributed by atoms with Gasteiger partial charge in [-0.25, -0.2) is 0 Å². The molecule has 5 nitrogen and oxygen atoms in total. The first-order chi connectivity index (χ1) is 13.7. The molecule has 1 saturated heterocycles. The molecule has 1 heterocycles. The normalized spacial score (nSPS) is 15.3. The van der Waals surface area contributed by atoms with Crippen LogP contribution in [0.1, 0.15) is 69.2 Å². The van der Waals surface area contributed by atoms with E-state index in [1.54, 1.807) is 0 Å². The van der Waals surface area contributed by atoms with Crippen molar-refractivity contribution in [1.82, 2.24) is 9.80 Å². The molecule has 0 N–H and O–H groups in total. The van der Waals surface area contributed by atoms with Gasteiger partial charge in [0.05, 0.1) is 13.2 Å². The van der Waals surface area contributed by atoms with Crippen LogP contribution in [0.4, 0.5) is 0 Å². The fourth-order valence-electron chi connectivity index (χ4n) is 3.37. The SMILES string of the molecule is CCCCCOc1ccc(C(=O)N2CCCN(C)CC2)cc1OCCCCC. The van der Waals surface area contributed by atoms with Crippen molar-refractivity contribution < 1.29 is 14.3 Å². The predicted octanol–water partition coefficient (Wildman–Crippen LogP) is 4.60. The number of amides is 1. The first-order valence-corrected chi connectivity index (χ1v) is 11.0. The van der Waals surface area contributed by atoms with E-state index >= 15 is 0 Å². The average Bonchev–Trinajstić information content (AvgIpc) is 2.93. The smallest absolute Gasteiger partial charge is 0.254 e. The Morgan fingerprint density at radius 1 is 0.893 bits per heavy atom. The molecule has 0 radical (unpaired) electrons. The molecule has 0 saturated carbocycles. The van der Waals surface area contributed by atoms with E-state index in [4.69, 9.17) is 9.47 Å². The summed E-state index contributed by atoms with van der Waals surface area (Å²) in [4.78, 5) is 17.2. The van der Waals surface area contributed by atoms with Crippen molar-refractivity contribution in [2.75, 3.05) is 46.4 Å². The van der Waals surface area contributed by atoms with Crippen LogP contribution in [0.15, 0.2) is 18.2 Å². The lowest BCUT2D eigenvalue weighted by atomic mass is 10.1. The van der Waals surface area contributed by atoms with Crippen LogP contribution in [-0.2, 0) is 0 Å². The molecule has 1 aromatic carbocycles. The van der Waals surface area contributed by atoms with E-state index in [0.717, 1.165) is 70.5 Å². The lowest BCUT2D eigenvalue weighted by Gasteiger charge is -2.21. The fourth-order valence-corrected chi connectivity index (χ4v) is 3.37. The van der Waals surface area contributed by atoms with E-state index in [2.05, 4.69) is 25.8 Å². The Labute approximate surface area is 171 Å². The second-order valence-corrected chi connectivity index (χ2v) is 7.72. The summed E-state index contributed by atoms with van der Waals surface area (Å²) in [5, 5.41) is 0. The molecule has 5 heteroatoms. The van der Waals surface area contributed by atoms with Crippen molar-refractivity contribution in [3.63, 3.8) is 0 Å². The summed E-state index contributed by atoms with van der Waals surface area (Å²) < 4.78 is 12.0. The first kappa shape index (κ1) is 22.5. The molecule has 0 spiro atoms. The van der Waals surface area contributed by atoms with Crippen LogP contribution in [0.2, 0.25) is 0 Å². The quantitative estimate of drug-likeness (QED) is 0.518. The predicted molar refractivity (Wildman–Crippen MR) is 114 cm³/mol. The minimum atomic E-state index is 0.0891. The highest BCUT2D eigenvalue weighted by Gasteiger charge is 2.20. The molecule has 2 rings (SSSR count). The number of ether oxygens (including phenoxy) is 2. The maximum Gasteiger partial charge on any atom is 0.254 e. The van der Waals surface area contributed by atoms with Gasteiger partial charge in [0.1, 0.15) is 0 Å². The summed E-state index contributed by atoms with van der Waals surface area (Å²) in [5.74, 6) is 1.54. The van der Waals surface area contributed by atoms with Gasteiger partial charge in [0.15, 0.2) is 11.5 Å². The van der Waals surface area contributed by atoms with Crippen LogP contribution in [-0.4, -0.2) is 62.1 Å². The van der Waals surface area contributed by atoms with Crippen molar-refractivity contribution in [3.8, 4) is 11.5 Å². The van der Waals surface area contributed by atoms with Gasteiger partial charge in [-0.2, -0.15) is 0 Å². The molecule has 0 unspecified atom stereocenters. The van der Waals surface area contributed by atoms with E-state index in [1.165, 1.54) is 6.42 Å². The average molecular weight is 391 g/mol. The van der Waals surface area contributed by atoms with Crippen LogP contribution in [0.25, 0.3) is 0 Å². The van der Waals surface area contributed by atoms with Crippen molar-refractivity contribution in [2.45, 2.75) is 58.8 Å². The summed E-state index contributed by atoms with van der Waals surface area (Å²) in [7, 11) is 2.11. The third-order valence-corrected chi connectivity index (χ3v) is 5.21. The highest BCUT2D eigenvalue weighted by molar-refractivity contribution is 5.95. The van der Waals surface area contributed by atoms with Gasteiger partial charge in [0.2, 0.25) is 0 Å². The Kier molecular flexibility index (Phi) is 10.2. The Morgan fingerprint density at radius 3 is 2.25 bits per heavy atom. The third-order valence-electron chi connectivity index (χ3n) is 5.21. The van der Waals surface area contributed by atoms with Crippen LogP contribution in [0.3, 0.4) is 0 Å². The van der Waals surface area contributed by atoms with Crippen molar-refractivity contribution in [3.05, 3.63) is 23.8 Å². The molecular weight excluding hydrogens is 352 g/mol. The van der Waals surface area contributed by atoms with Gasteiger partial charge >= 0.3 is 0 Å². The number of carbonyl (C=O) groups is 1. The van der Waals surface area contributed by atoms with E-state index in [1.807, 2.05) is 23.1 Å². The lowest BCUT2D eigenvalue weighted by molar-refractivity contribution is 0.0762. The fraction of sp³-hybridized carbons (Fsp3) is 0.696. The number of nitrogens with zero attached hydrogens (tertiary/aromatic N) is 2. The largest absolute Gasteiger partial charge is 0.490 e. The van der Waals surface area contributed by atoms with Gasteiger partial charge in [-0.1, -0.05) is 39.5 Å². The zero-order valence-corrected chi connectivity index (χ0v) is 18.0. The van der Waals surface area contributed by atoms with E-state index in [-0.39, 0.29) is 5.91 Å². The van der Waals surface area contributed by atoms with Crippen molar-refractivity contribution in [2.24, 2.45) is 0 Å². The molecule has 0 bridgehead atoms. The topological polar surface area (TPSA) is 42.0 Å². The Morgan fingerprint density at radius 2 is 1.57 bits per heavy atom. The molecule has 158 valence electrons. The minimum absolute atomic E-state index is 0.0891. The summed E-state index contributed by atoms with van der Waals surface area (Å²) in [6, 6.07) is 5.65. The summed E-state index contributed by atoms with van der Waals surface area (Å²) >= 11 is 0. The molecule has 0 atom stereocenters. The second-order valence-electron chi connectivity index (χ2n) is 7.72. The highest BCUT2D eigenvalue weighted by Crippen LogP contribution is 2.30. The second kappa shape index (κ2) is 12.7. The summed E-state index contributed by atoms with van der Waals surface area (Å²) in [6.45, 7) is 9.26. The molecule has 1 aliphatic heterocycles. The number of carbonyl (C=O) groups excluding carboxylic acids is 1. The van der Waals surface area contributed by atoms with Crippen LogP contribution in [0.5, 0.6) is 11.5 Å². The van der Waals surface area contributed by atoms with Crippen LogP contribution >= 0.6 is 0 Å². The number of rotatable bonds is 11. The number of benzene rings is 1. The zero-order chi connectivity index (χ0) is 20.2. The Balaban J connectivity index is 2.07. The number of likely N-dealkylation sites (N-methyl/N-ethyl adjacent to an activating group) is 1. The van der Waals surface area contributed by atoms with Gasteiger partial charge in [0, 0.05) is 25.2 Å². The maximum absolute atomic E-state index is 13.0. The number of hydrogen-bond acceptors (Lipinski definition) is 4. The number of hydrogen-bond donors (Lipinski definition) is 0. The molecule has 0 aliphatic carbocycles. The van der Waals surface area contributed by atoms with Gasteiger partial charge in [-0.3, -0.25) is 4.79 Å². The first-order valence-electron chi connectivity index (χ1n) is 11.0. The lowest BCUT2D eigenvalue weighted by Crippen LogP contribution is -2.34. The van der Waals surface area contributed by atoms with Crippen LogP contribution < -0.4 is 9.47 Å².